The van der Waals surface area contributed by atoms with Crippen molar-refractivity contribution in [3.05, 3.63) is 59.7 Å². The van der Waals surface area contributed by atoms with Gasteiger partial charge in [0.2, 0.25) is 0 Å². The molecule has 0 atom stereocenters. The van der Waals surface area contributed by atoms with Gasteiger partial charge in [-0.25, -0.2) is 8.42 Å². The molecule has 5 nitrogen and oxygen atoms in total. The summed E-state index contributed by atoms with van der Waals surface area (Å²) in [5.74, 6) is 0. The molecule has 0 spiro atoms. The molecule has 0 saturated carbocycles. The van der Waals surface area contributed by atoms with E-state index in [0.717, 1.165) is 0 Å². The number of sulfonamides is 1. The lowest BCUT2D eigenvalue weighted by Gasteiger charge is -2.11. The quantitative estimate of drug-likeness (QED) is 0.896. The van der Waals surface area contributed by atoms with Gasteiger partial charge in [-0.05, 0) is 29.8 Å². The van der Waals surface area contributed by atoms with Gasteiger partial charge in [0.05, 0.1) is 22.2 Å². The maximum Gasteiger partial charge on any atom is 0.261 e. The molecule has 0 fully saturated rings. The standard InChI is InChI=1S/C14H13N3O2S/c15-9-11-4-3-6-13(8-11)20(18,19)17-14-7-2-1-5-12(14)10-16/h1-8,17H,10,16H2. The van der Waals surface area contributed by atoms with E-state index in [-0.39, 0.29) is 11.4 Å². The molecule has 0 heterocycles. The molecule has 0 amide bonds. The summed E-state index contributed by atoms with van der Waals surface area (Å²) in [4.78, 5) is 0.0448. The highest BCUT2D eigenvalue weighted by Crippen LogP contribution is 2.20. The van der Waals surface area contributed by atoms with Crippen molar-refractivity contribution in [2.75, 3.05) is 4.72 Å². The predicted molar refractivity (Wildman–Crippen MR) is 76.3 cm³/mol. The molecule has 102 valence electrons. The van der Waals surface area contributed by atoms with Crippen molar-refractivity contribution < 1.29 is 8.42 Å². The van der Waals surface area contributed by atoms with Gasteiger partial charge in [0.15, 0.2) is 0 Å². The van der Waals surface area contributed by atoms with Crippen LogP contribution in [0.15, 0.2) is 53.4 Å². The Morgan fingerprint density at radius 2 is 1.90 bits per heavy atom. The molecule has 0 aromatic heterocycles. The molecule has 0 aliphatic heterocycles. The first-order valence-corrected chi connectivity index (χ1v) is 7.36. The van der Waals surface area contributed by atoms with Crippen LogP contribution in [0.3, 0.4) is 0 Å². The van der Waals surface area contributed by atoms with Crippen LogP contribution in [0.4, 0.5) is 5.69 Å². The van der Waals surface area contributed by atoms with Crippen molar-refractivity contribution in [3.8, 4) is 6.07 Å². The topological polar surface area (TPSA) is 96.0 Å². The van der Waals surface area contributed by atoms with E-state index in [1.807, 2.05) is 6.07 Å². The molecule has 0 saturated heterocycles. The van der Waals surface area contributed by atoms with Gasteiger partial charge in [-0.15, -0.1) is 0 Å². The highest BCUT2D eigenvalue weighted by atomic mass is 32.2. The predicted octanol–water partition coefficient (Wildman–Crippen LogP) is 1.82. The first kappa shape index (κ1) is 14.1. The van der Waals surface area contributed by atoms with Crippen LogP contribution >= 0.6 is 0 Å². The first-order valence-electron chi connectivity index (χ1n) is 5.88. The van der Waals surface area contributed by atoms with Crippen LogP contribution in [0.2, 0.25) is 0 Å². The minimum Gasteiger partial charge on any atom is -0.326 e. The molecule has 3 N–H and O–H groups in total. The fourth-order valence-corrected chi connectivity index (χ4v) is 2.88. The normalized spacial score (nSPS) is 10.8. The van der Waals surface area contributed by atoms with E-state index in [9.17, 15) is 8.42 Å². The van der Waals surface area contributed by atoms with Crippen LogP contribution < -0.4 is 10.5 Å². The summed E-state index contributed by atoms with van der Waals surface area (Å²) in [6.45, 7) is 0.233. The van der Waals surface area contributed by atoms with Crippen LogP contribution in [-0.2, 0) is 16.6 Å². The van der Waals surface area contributed by atoms with E-state index in [2.05, 4.69) is 4.72 Å². The second-order valence-electron chi connectivity index (χ2n) is 4.11. The smallest absolute Gasteiger partial charge is 0.261 e. The summed E-state index contributed by atoms with van der Waals surface area (Å²) >= 11 is 0. The molecule has 2 aromatic carbocycles. The van der Waals surface area contributed by atoms with Crippen molar-refractivity contribution in [1.82, 2.24) is 0 Å². The molecule has 2 aromatic rings. The number of anilines is 1. The lowest BCUT2D eigenvalue weighted by atomic mass is 10.2. The van der Waals surface area contributed by atoms with Gasteiger partial charge in [-0.3, -0.25) is 4.72 Å². The Labute approximate surface area is 117 Å². The van der Waals surface area contributed by atoms with Crippen molar-refractivity contribution in [1.29, 1.82) is 5.26 Å². The first-order chi connectivity index (χ1) is 9.56. The third-order valence-corrected chi connectivity index (χ3v) is 4.12. The third kappa shape index (κ3) is 2.96. The van der Waals surface area contributed by atoms with Gasteiger partial charge in [-0.1, -0.05) is 24.3 Å². The third-order valence-electron chi connectivity index (χ3n) is 2.76. The van der Waals surface area contributed by atoms with Gasteiger partial charge >= 0.3 is 0 Å². The number of nitrogens with two attached hydrogens (primary N) is 1. The van der Waals surface area contributed by atoms with Gasteiger partial charge in [0.25, 0.3) is 10.0 Å². The van der Waals surface area contributed by atoms with Gasteiger partial charge in [0.1, 0.15) is 0 Å². The Hall–Kier alpha value is -2.36. The van der Waals surface area contributed by atoms with E-state index in [1.54, 1.807) is 30.3 Å². The zero-order valence-electron chi connectivity index (χ0n) is 10.6. The van der Waals surface area contributed by atoms with E-state index >= 15 is 0 Å². The summed E-state index contributed by atoms with van der Waals surface area (Å²) in [7, 11) is -3.74. The Bertz CT molecular complexity index is 764. The Kier molecular flexibility index (Phi) is 4.03. The summed E-state index contributed by atoms with van der Waals surface area (Å²) < 4.78 is 27.0. The summed E-state index contributed by atoms with van der Waals surface area (Å²) in [6, 6.07) is 14.7. The number of hydrogen-bond acceptors (Lipinski definition) is 4. The molecular weight excluding hydrogens is 274 g/mol. The van der Waals surface area contributed by atoms with E-state index in [4.69, 9.17) is 11.0 Å². The molecule has 6 heteroatoms. The second kappa shape index (κ2) is 5.74. The Balaban J connectivity index is 2.38. The van der Waals surface area contributed by atoms with Crippen molar-refractivity contribution in [2.45, 2.75) is 11.4 Å². The number of hydrogen-bond donors (Lipinski definition) is 2. The molecule has 0 bridgehead atoms. The number of nitrogens with zero attached hydrogens (tertiary/aromatic N) is 1. The maximum atomic E-state index is 12.3. The molecule has 0 radical (unpaired) electrons. The van der Waals surface area contributed by atoms with Crippen LogP contribution in [0, 0.1) is 11.3 Å². The number of nitriles is 1. The van der Waals surface area contributed by atoms with Gasteiger partial charge in [-0.2, -0.15) is 5.26 Å². The van der Waals surface area contributed by atoms with Crippen LogP contribution in [-0.4, -0.2) is 8.42 Å². The Morgan fingerprint density at radius 3 is 2.60 bits per heavy atom. The largest absolute Gasteiger partial charge is 0.326 e. The minimum atomic E-state index is -3.74. The SMILES string of the molecule is N#Cc1cccc(S(=O)(=O)Nc2ccccc2CN)c1. The van der Waals surface area contributed by atoms with Gasteiger partial charge in [0, 0.05) is 6.54 Å². The average molecular weight is 287 g/mol. The minimum absolute atomic E-state index is 0.0448. The molecular formula is C14H13N3O2S. The van der Waals surface area contributed by atoms with Crippen LogP contribution in [0.25, 0.3) is 0 Å². The fraction of sp³-hybridized carbons (Fsp3) is 0.0714. The van der Waals surface area contributed by atoms with Crippen LogP contribution in [0.1, 0.15) is 11.1 Å². The van der Waals surface area contributed by atoms with Crippen molar-refractivity contribution >= 4 is 15.7 Å². The second-order valence-corrected chi connectivity index (χ2v) is 5.79. The zero-order chi connectivity index (χ0) is 14.6. The lowest BCUT2D eigenvalue weighted by Crippen LogP contribution is -2.15. The molecule has 0 unspecified atom stereocenters. The molecule has 20 heavy (non-hydrogen) atoms. The number of rotatable bonds is 4. The number of nitrogens with one attached hydrogen (secondary N) is 1. The van der Waals surface area contributed by atoms with Crippen molar-refractivity contribution in [3.63, 3.8) is 0 Å². The molecule has 0 aliphatic carbocycles. The maximum absolute atomic E-state index is 12.3. The van der Waals surface area contributed by atoms with Gasteiger partial charge < -0.3 is 5.73 Å². The average Bonchev–Trinajstić information content (AvgIpc) is 2.47. The van der Waals surface area contributed by atoms with E-state index < -0.39 is 10.0 Å². The fourth-order valence-electron chi connectivity index (χ4n) is 1.73. The lowest BCUT2D eigenvalue weighted by molar-refractivity contribution is 0.601. The number of benzene rings is 2. The highest BCUT2D eigenvalue weighted by molar-refractivity contribution is 7.92. The van der Waals surface area contributed by atoms with E-state index in [1.165, 1.54) is 18.2 Å². The molecule has 0 aliphatic rings. The Morgan fingerprint density at radius 1 is 1.15 bits per heavy atom. The summed E-state index contributed by atoms with van der Waals surface area (Å²) in [5, 5.41) is 8.82. The summed E-state index contributed by atoms with van der Waals surface area (Å²) in [6.07, 6.45) is 0. The van der Waals surface area contributed by atoms with Crippen LogP contribution in [0.5, 0.6) is 0 Å². The zero-order valence-corrected chi connectivity index (χ0v) is 11.4. The van der Waals surface area contributed by atoms with E-state index in [0.29, 0.717) is 16.8 Å². The highest BCUT2D eigenvalue weighted by Gasteiger charge is 2.15. The van der Waals surface area contributed by atoms with Crippen molar-refractivity contribution in [2.24, 2.45) is 5.73 Å². The summed E-state index contributed by atoms with van der Waals surface area (Å²) in [5.41, 5.74) is 7.01. The molecule has 2 rings (SSSR count). The number of para-hydroxylation sites is 1. The monoisotopic (exact) mass is 287 g/mol.